The first-order valence-corrected chi connectivity index (χ1v) is 7.92. The number of amides is 2. The van der Waals surface area contributed by atoms with Crippen LogP contribution in [0.1, 0.15) is 29.8 Å². The minimum atomic E-state index is -0.588. The zero-order chi connectivity index (χ0) is 17.3. The molecule has 24 heavy (non-hydrogen) atoms. The molecule has 0 aliphatic carbocycles. The van der Waals surface area contributed by atoms with Crippen LogP contribution in [0.5, 0.6) is 0 Å². The van der Waals surface area contributed by atoms with E-state index in [1.54, 1.807) is 11.0 Å². The van der Waals surface area contributed by atoms with Gasteiger partial charge in [0.15, 0.2) is 0 Å². The van der Waals surface area contributed by atoms with Crippen LogP contribution in [0.3, 0.4) is 0 Å². The zero-order valence-electron chi connectivity index (χ0n) is 13.6. The third-order valence-corrected chi connectivity index (χ3v) is 4.20. The summed E-state index contributed by atoms with van der Waals surface area (Å²) in [6, 6.07) is 12.4. The van der Waals surface area contributed by atoms with Crippen LogP contribution in [0.2, 0.25) is 0 Å². The zero-order valence-corrected chi connectivity index (χ0v) is 13.6. The maximum Gasteiger partial charge on any atom is 0.255 e. The lowest BCUT2D eigenvalue weighted by atomic mass is 10.0. The maximum absolute atomic E-state index is 13.0. The molecule has 1 aliphatic heterocycles. The third-order valence-electron chi connectivity index (χ3n) is 4.20. The van der Waals surface area contributed by atoms with Gasteiger partial charge in [0.1, 0.15) is 11.9 Å². The van der Waals surface area contributed by atoms with Crippen molar-refractivity contribution in [2.45, 2.75) is 26.4 Å². The smallest absolute Gasteiger partial charge is 0.255 e. The number of carbonyl (C=O) groups is 2. The number of rotatable bonds is 4. The second kappa shape index (κ2) is 6.43. The molecule has 1 heterocycles. The molecule has 1 atom stereocenters. The monoisotopic (exact) mass is 326 g/mol. The molecule has 0 saturated carbocycles. The normalized spacial score (nSPS) is 14.7. The Bertz CT molecular complexity index is 771. The summed E-state index contributed by atoms with van der Waals surface area (Å²) in [5, 5.41) is 2.78. The minimum Gasteiger partial charge on any atom is -0.324 e. The molecule has 0 spiro atoms. The average molecular weight is 326 g/mol. The molecule has 2 aromatic carbocycles. The van der Waals surface area contributed by atoms with E-state index in [1.165, 1.54) is 24.3 Å². The fourth-order valence-electron chi connectivity index (χ4n) is 3.06. The van der Waals surface area contributed by atoms with Crippen LogP contribution in [-0.2, 0) is 11.3 Å². The fraction of sp³-hybridized carbons (Fsp3) is 0.263. The summed E-state index contributed by atoms with van der Waals surface area (Å²) in [6.07, 6.45) is 0. The van der Waals surface area contributed by atoms with Crippen molar-refractivity contribution in [1.82, 2.24) is 4.90 Å². The highest BCUT2D eigenvalue weighted by Crippen LogP contribution is 2.27. The van der Waals surface area contributed by atoms with E-state index in [4.69, 9.17) is 0 Å². The van der Waals surface area contributed by atoms with Gasteiger partial charge in [0, 0.05) is 17.8 Å². The van der Waals surface area contributed by atoms with E-state index in [0.29, 0.717) is 17.8 Å². The first-order chi connectivity index (χ1) is 11.5. The molecular formula is C19H19FN2O2. The Balaban J connectivity index is 1.82. The highest BCUT2D eigenvalue weighted by atomic mass is 19.1. The summed E-state index contributed by atoms with van der Waals surface area (Å²) in [5.74, 6) is -0.807. The minimum absolute atomic E-state index is 0.0521. The lowest BCUT2D eigenvalue weighted by molar-refractivity contribution is -0.122. The van der Waals surface area contributed by atoms with Crippen molar-refractivity contribution >= 4 is 17.5 Å². The second-order valence-electron chi connectivity index (χ2n) is 6.28. The highest BCUT2D eigenvalue weighted by Gasteiger charge is 2.37. The van der Waals surface area contributed by atoms with Crippen LogP contribution < -0.4 is 5.32 Å². The average Bonchev–Trinajstić information content (AvgIpc) is 2.87. The number of carbonyl (C=O) groups excluding carboxylic acids is 2. The highest BCUT2D eigenvalue weighted by molar-refractivity contribution is 6.03. The molecule has 2 aromatic rings. The molecule has 0 unspecified atom stereocenters. The van der Waals surface area contributed by atoms with Crippen molar-refractivity contribution < 1.29 is 14.0 Å². The molecule has 4 nitrogen and oxygen atoms in total. The Morgan fingerprint density at radius 2 is 1.79 bits per heavy atom. The second-order valence-corrected chi connectivity index (χ2v) is 6.28. The Kier molecular flexibility index (Phi) is 4.34. The first kappa shape index (κ1) is 16.2. The van der Waals surface area contributed by atoms with Crippen molar-refractivity contribution in [2.24, 2.45) is 5.92 Å². The van der Waals surface area contributed by atoms with Crippen LogP contribution in [0, 0.1) is 11.7 Å². The molecule has 5 heteroatoms. The Morgan fingerprint density at radius 3 is 2.42 bits per heavy atom. The summed E-state index contributed by atoms with van der Waals surface area (Å²) in [4.78, 5) is 27.0. The van der Waals surface area contributed by atoms with Gasteiger partial charge in [-0.1, -0.05) is 32.0 Å². The van der Waals surface area contributed by atoms with Crippen molar-refractivity contribution in [2.75, 3.05) is 5.32 Å². The molecule has 0 bridgehead atoms. The van der Waals surface area contributed by atoms with Crippen LogP contribution in [0.4, 0.5) is 10.1 Å². The SMILES string of the molecule is CC(C)[C@@H](C(=O)Nc1ccc(F)cc1)N1Cc2ccccc2C1=O. The summed E-state index contributed by atoms with van der Waals surface area (Å²) in [6.45, 7) is 4.24. The van der Waals surface area contributed by atoms with E-state index < -0.39 is 6.04 Å². The van der Waals surface area contributed by atoms with Gasteiger partial charge in [0.25, 0.3) is 5.91 Å². The van der Waals surface area contributed by atoms with Crippen LogP contribution in [0.15, 0.2) is 48.5 Å². The van der Waals surface area contributed by atoms with Crippen LogP contribution >= 0.6 is 0 Å². The molecule has 0 radical (unpaired) electrons. The molecule has 0 saturated heterocycles. The first-order valence-electron chi connectivity index (χ1n) is 7.92. The van der Waals surface area contributed by atoms with Gasteiger partial charge >= 0.3 is 0 Å². The van der Waals surface area contributed by atoms with E-state index in [9.17, 15) is 14.0 Å². The third kappa shape index (κ3) is 3.02. The number of hydrogen-bond donors (Lipinski definition) is 1. The molecule has 0 aromatic heterocycles. The predicted octanol–water partition coefficient (Wildman–Crippen LogP) is 3.44. The van der Waals surface area contributed by atoms with Gasteiger partial charge in [-0.2, -0.15) is 0 Å². The number of hydrogen-bond acceptors (Lipinski definition) is 2. The number of nitrogens with zero attached hydrogens (tertiary/aromatic N) is 1. The Labute approximate surface area is 140 Å². The summed E-state index contributed by atoms with van der Waals surface area (Å²) in [5.41, 5.74) is 2.09. The van der Waals surface area contributed by atoms with Crippen molar-refractivity contribution in [3.63, 3.8) is 0 Å². The Hall–Kier alpha value is -2.69. The molecule has 0 fully saturated rings. The maximum atomic E-state index is 13.0. The Morgan fingerprint density at radius 1 is 1.12 bits per heavy atom. The largest absolute Gasteiger partial charge is 0.324 e. The van der Waals surface area contributed by atoms with Gasteiger partial charge in [-0.3, -0.25) is 9.59 Å². The molecular weight excluding hydrogens is 307 g/mol. The van der Waals surface area contributed by atoms with Gasteiger partial charge in [-0.05, 0) is 41.8 Å². The number of halogens is 1. The molecule has 1 N–H and O–H groups in total. The van der Waals surface area contributed by atoms with E-state index in [0.717, 1.165) is 5.56 Å². The van der Waals surface area contributed by atoms with Gasteiger partial charge in [-0.15, -0.1) is 0 Å². The molecule has 124 valence electrons. The van der Waals surface area contributed by atoms with E-state index in [-0.39, 0.29) is 23.5 Å². The van der Waals surface area contributed by atoms with Crippen LogP contribution in [-0.4, -0.2) is 22.8 Å². The molecule has 2 amide bonds. The van der Waals surface area contributed by atoms with Crippen molar-refractivity contribution in [3.8, 4) is 0 Å². The van der Waals surface area contributed by atoms with E-state index >= 15 is 0 Å². The lowest BCUT2D eigenvalue weighted by Crippen LogP contribution is -2.47. The summed E-state index contributed by atoms with van der Waals surface area (Å²) in [7, 11) is 0. The summed E-state index contributed by atoms with van der Waals surface area (Å²) >= 11 is 0. The number of nitrogens with one attached hydrogen (secondary N) is 1. The summed E-state index contributed by atoms with van der Waals surface area (Å²) < 4.78 is 13.0. The van der Waals surface area contributed by atoms with Crippen molar-refractivity contribution in [3.05, 3.63) is 65.5 Å². The lowest BCUT2D eigenvalue weighted by Gasteiger charge is -2.29. The number of benzene rings is 2. The van der Waals surface area contributed by atoms with E-state index in [2.05, 4.69) is 5.32 Å². The van der Waals surface area contributed by atoms with Gasteiger partial charge in [-0.25, -0.2) is 4.39 Å². The predicted molar refractivity (Wildman–Crippen MR) is 90.0 cm³/mol. The number of fused-ring (bicyclic) bond motifs is 1. The quantitative estimate of drug-likeness (QED) is 0.935. The topological polar surface area (TPSA) is 49.4 Å². The standard InChI is InChI=1S/C19H19FN2O2/c1-12(2)17(18(23)21-15-9-7-14(20)8-10-15)22-11-13-5-3-4-6-16(13)19(22)24/h3-10,12,17H,11H2,1-2H3,(H,21,23)/t17-/m0/s1. The fourth-order valence-corrected chi connectivity index (χ4v) is 3.06. The number of anilines is 1. The van der Waals surface area contributed by atoms with Gasteiger partial charge < -0.3 is 10.2 Å². The molecule has 3 rings (SSSR count). The van der Waals surface area contributed by atoms with Gasteiger partial charge in [0.05, 0.1) is 0 Å². The van der Waals surface area contributed by atoms with Crippen LogP contribution in [0.25, 0.3) is 0 Å². The van der Waals surface area contributed by atoms with E-state index in [1.807, 2.05) is 32.0 Å². The van der Waals surface area contributed by atoms with Crippen molar-refractivity contribution in [1.29, 1.82) is 0 Å². The van der Waals surface area contributed by atoms with Gasteiger partial charge in [0.2, 0.25) is 5.91 Å². The molecule has 1 aliphatic rings.